The molecule has 0 heterocycles. The number of benzene rings is 3. The molecule has 0 saturated heterocycles. The Morgan fingerprint density at radius 1 is 1.03 bits per heavy atom. The van der Waals surface area contributed by atoms with E-state index in [-0.39, 0.29) is 12.5 Å². The van der Waals surface area contributed by atoms with E-state index < -0.39 is 0 Å². The minimum Gasteiger partial charge on any atom is -0.489 e. The summed E-state index contributed by atoms with van der Waals surface area (Å²) in [5.74, 6) is 0.527. The van der Waals surface area contributed by atoms with Crippen LogP contribution in [0.5, 0.6) is 5.75 Å². The molecule has 3 aromatic rings. The number of nitrogens with zero attached hydrogens (tertiary/aromatic N) is 1. The smallest absolute Gasteiger partial charge is 0.259 e. The van der Waals surface area contributed by atoms with Crippen molar-refractivity contribution in [2.24, 2.45) is 5.10 Å². The fourth-order valence-electron chi connectivity index (χ4n) is 2.58. The number of anilines is 1. The van der Waals surface area contributed by atoms with E-state index in [9.17, 15) is 4.79 Å². The second kappa shape index (κ2) is 10.3. The Kier molecular flexibility index (Phi) is 7.25. The van der Waals surface area contributed by atoms with Gasteiger partial charge in [-0.3, -0.25) is 4.79 Å². The highest BCUT2D eigenvalue weighted by atomic mass is 35.5. The molecule has 0 unspecified atom stereocenters. The van der Waals surface area contributed by atoms with Crippen LogP contribution in [0.15, 0.2) is 77.9 Å². The maximum atomic E-state index is 11.9. The van der Waals surface area contributed by atoms with Crippen LogP contribution in [0.2, 0.25) is 5.02 Å². The second-order valence-electron chi connectivity index (χ2n) is 6.40. The quantitative estimate of drug-likeness (QED) is 0.417. The number of carbonyl (C=O) groups excluding carboxylic acids is 1. The van der Waals surface area contributed by atoms with Gasteiger partial charge >= 0.3 is 0 Å². The molecule has 0 aliphatic heterocycles. The maximum Gasteiger partial charge on any atom is 0.259 e. The lowest BCUT2D eigenvalue weighted by atomic mass is 10.2. The lowest BCUT2D eigenvalue weighted by Gasteiger charge is -2.09. The van der Waals surface area contributed by atoms with Crippen LogP contribution in [-0.2, 0) is 11.4 Å². The number of rotatable bonds is 8. The number of hydrazone groups is 1. The lowest BCUT2D eigenvalue weighted by molar-refractivity contribution is -0.119. The summed E-state index contributed by atoms with van der Waals surface area (Å²) in [6, 6.07) is 23.0. The Labute approximate surface area is 175 Å². The summed E-state index contributed by atoms with van der Waals surface area (Å²) in [6.07, 6.45) is 1.59. The Hall–Kier alpha value is -3.31. The average Bonchev–Trinajstić information content (AvgIpc) is 2.75. The number of hydrogen-bond donors (Lipinski definition) is 2. The summed E-state index contributed by atoms with van der Waals surface area (Å²) in [5, 5.41) is 7.69. The fraction of sp³-hybridized carbons (Fsp3) is 0.130. The van der Waals surface area contributed by atoms with Gasteiger partial charge in [0.15, 0.2) is 0 Å². The molecule has 0 aromatic heterocycles. The van der Waals surface area contributed by atoms with Crippen molar-refractivity contribution in [1.82, 2.24) is 5.43 Å². The highest BCUT2D eigenvalue weighted by Crippen LogP contribution is 2.22. The summed E-state index contributed by atoms with van der Waals surface area (Å²) in [6.45, 7) is 2.52. The predicted octanol–water partition coefficient (Wildman–Crippen LogP) is 4.79. The van der Waals surface area contributed by atoms with Gasteiger partial charge in [-0.1, -0.05) is 48.0 Å². The molecule has 0 atom stereocenters. The standard InChI is InChI=1S/C23H22ClN3O2/c1-17-21(24)8-5-9-22(17)25-15-23(28)27-26-14-18-10-12-20(13-11-18)29-16-19-6-3-2-4-7-19/h2-14,25H,15-16H2,1H3,(H,27,28)/b26-14+. The minimum absolute atomic E-state index is 0.102. The van der Waals surface area contributed by atoms with E-state index in [1.54, 1.807) is 6.21 Å². The number of carbonyl (C=O) groups is 1. The fourth-order valence-corrected chi connectivity index (χ4v) is 2.76. The van der Waals surface area contributed by atoms with Gasteiger partial charge in [0.05, 0.1) is 12.8 Å². The van der Waals surface area contributed by atoms with Crippen LogP contribution in [0.25, 0.3) is 0 Å². The normalized spacial score (nSPS) is 10.7. The number of nitrogens with one attached hydrogen (secondary N) is 2. The average molecular weight is 408 g/mol. The zero-order valence-electron chi connectivity index (χ0n) is 16.1. The second-order valence-corrected chi connectivity index (χ2v) is 6.81. The SMILES string of the molecule is Cc1c(Cl)cccc1NCC(=O)N/N=C/c1ccc(OCc2ccccc2)cc1. The van der Waals surface area contributed by atoms with Crippen LogP contribution < -0.4 is 15.5 Å². The van der Waals surface area contributed by atoms with Crippen molar-refractivity contribution in [3.8, 4) is 5.75 Å². The Bertz CT molecular complexity index is 973. The molecule has 0 fully saturated rings. The molecule has 0 spiro atoms. The summed E-state index contributed by atoms with van der Waals surface area (Å²) >= 11 is 6.07. The molecule has 3 aromatic carbocycles. The van der Waals surface area contributed by atoms with E-state index >= 15 is 0 Å². The predicted molar refractivity (Wildman–Crippen MR) is 118 cm³/mol. The molecule has 0 radical (unpaired) electrons. The van der Waals surface area contributed by atoms with Crippen molar-refractivity contribution >= 4 is 29.4 Å². The van der Waals surface area contributed by atoms with E-state index in [1.165, 1.54) is 0 Å². The molecule has 5 nitrogen and oxygen atoms in total. The van der Waals surface area contributed by atoms with Crippen LogP contribution in [-0.4, -0.2) is 18.7 Å². The highest BCUT2D eigenvalue weighted by Gasteiger charge is 2.04. The third-order valence-electron chi connectivity index (χ3n) is 4.24. The zero-order valence-corrected chi connectivity index (χ0v) is 16.8. The molecule has 29 heavy (non-hydrogen) atoms. The van der Waals surface area contributed by atoms with Gasteiger partial charge in [0, 0.05) is 10.7 Å². The van der Waals surface area contributed by atoms with Crippen molar-refractivity contribution in [2.75, 3.05) is 11.9 Å². The van der Waals surface area contributed by atoms with Gasteiger partial charge in [-0.15, -0.1) is 0 Å². The van der Waals surface area contributed by atoms with Crippen molar-refractivity contribution < 1.29 is 9.53 Å². The van der Waals surface area contributed by atoms with Gasteiger partial charge in [-0.25, -0.2) is 5.43 Å². The van der Waals surface area contributed by atoms with Crippen molar-refractivity contribution in [3.63, 3.8) is 0 Å². The largest absolute Gasteiger partial charge is 0.489 e. The molecule has 148 valence electrons. The minimum atomic E-state index is -0.247. The first-order valence-corrected chi connectivity index (χ1v) is 9.57. The topological polar surface area (TPSA) is 62.7 Å². The number of amides is 1. The van der Waals surface area contributed by atoms with E-state index in [1.807, 2.05) is 79.7 Å². The van der Waals surface area contributed by atoms with Gasteiger partial charge in [-0.05, 0) is 60.0 Å². The zero-order chi connectivity index (χ0) is 20.5. The molecule has 0 aliphatic carbocycles. The Morgan fingerprint density at radius 2 is 1.79 bits per heavy atom. The van der Waals surface area contributed by atoms with E-state index in [0.717, 1.165) is 28.1 Å². The highest BCUT2D eigenvalue weighted by molar-refractivity contribution is 6.31. The maximum absolute atomic E-state index is 11.9. The van der Waals surface area contributed by atoms with Crippen molar-refractivity contribution in [3.05, 3.63) is 94.5 Å². The molecule has 0 saturated carbocycles. The van der Waals surface area contributed by atoms with Crippen LogP contribution in [0.1, 0.15) is 16.7 Å². The number of halogens is 1. The van der Waals surface area contributed by atoms with E-state index in [0.29, 0.717) is 11.6 Å². The van der Waals surface area contributed by atoms with Crippen LogP contribution in [0.3, 0.4) is 0 Å². The third kappa shape index (κ3) is 6.36. The first-order chi connectivity index (χ1) is 14.1. The number of hydrogen-bond acceptors (Lipinski definition) is 4. The monoisotopic (exact) mass is 407 g/mol. The van der Waals surface area contributed by atoms with Gasteiger partial charge in [0.25, 0.3) is 5.91 Å². The number of ether oxygens (including phenoxy) is 1. The molecule has 2 N–H and O–H groups in total. The Morgan fingerprint density at radius 3 is 2.55 bits per heavy atom. The molecule has 6 heteroatoms. The third-order valence-corrected chi connectivity index (χ3v) is 4.65. The van der Waals surface area contributed by atoms with Crippen molar-refractivity contribution in [2.45, 2.75) is 13.5 Å². The van der Waals surface area contributed by atoms with Gasteiger partial charge in [-0.2, -0.15) is 5.10 Å². The van der Waals surface area contributed by atoms with E-state index in [4.69, 9.17) is 16.3 Å². The molecular weight excluding hydrogens is 386 g/mol. The van der Waals surface area contributed by atoms with Crippen LogP contribution in [0.4, 0.5) is 5.69 Å². The molecular formula is C23H22ClN3O2. The van der Waals surface area contributed by atoms with Gasteiger partial charge in [0.2, 0.25) is 0 Å². The Balaban J connectivity index is 1.43. The van der Waals surface area contributed by atoms with Gasteiger partial charge in [0.1, 0.15) is 12.4 Å². The summed E-state index contributed by atoms with van der Waals surface area (Å²) in [5.41, 5.74) is 6.20. The first kappa shape index (κ1) is 20.4. The summed E-state index contributed by atoms with van der Waals surface area (Å²) < 4.78 is 5.75. The molecule has 0 aliphatic rings. The molecule has 1 amide bonds. The summed E-state index contributed by atoms with van der Waals surface area (Å²) in [7, 11) is 0. The van der Waals surface area contributed by atoms with E-state index in [2.05, 4.69) is 15.8 Å². The molecule has 0 bridgehead atoms. The first-order valence-electron chi connectivity index (χ1n) is 9.19. The van der Waals surface area contributed by atoms with Crippen LogP contribution in [0, 0.1) is 6.92 Å². The lowest BCUT2D eigenvalue weighted by Crippen LogP contribution is -2.26. The molecule has 3 rings (SSSR count). The van der Waals surface area contributed by atoms with Gasteiger partial charge < -0.3 is 10.1 Å². The van der Waals surface area contributed by atoms with Crippen molar-refractivity contribution in [1.29, 1.82) is 0 Å². The van der Waals surface area contributed by atoms with Crippen LogP contribution >= 0.6 is 11.6 Å². The summed E-state index contributed by atoms with van der Waals surface area (Å²) in [4.78, 5) is 11.9.